The van der Waals surface area contributed by atoms with Gasteiger partial charge in [0.2, 0.25) is 5.91 Å². The molecule has 3 heterocycles. The Morgan fingerprint density at radius 3 is 2.65 bits per heavy atom. The number of halogens is 1. The van der Waals surface area contributed by atoms with Crippen LogP contribution in [0.5, 0.6) is 0 Å². The second-order valence-corrected chi connectivity index (χ2v) is 8.63. The zero-order valence-corrected chi connectivity index (χ0v) is 17.6. The monoisotopic (exact) mass is 432 g/mol. The molecule has 2 aliphatic rings. The van der Waals surface area contributed by atoms with Crippen molar-refractivity contribution in [3.63, 3.8) is 0 Å². The van der Waals surface area contributed by atoms with E-state index >= 15 is 0 Å². The summed E-state index contributed by atoms with van der Waals surface area (Å²) in [6.45, 7) is 1.62. The molecule has 7 nitrogen and oxygen atoms in total. The number of carbonyl (C=O) groups excluding carboxylic acids is 1. The van der Waals surface area contributed by atoms with Gasteiger partial charge in [0.1, 0.15) is 12.1 Å². The molecule has 1 saturated heterocycles. The first-order valence-electron chi connectivity index (χ1n) is 10.4. The molecule has 8 heteroatoms. The van der Waals surface area contributed by atoms with E-state index in [1.54, 1.807) is 18.6 Å². The van der Waals surface area contributed by atoms with Gasteiger partial charge < -0.3 is 10.2 Å². The van der Waals surface area contributed by atoms with Crippen LogP contribution in [0.25, 0.3) is 10.8 Å². The van der Waals surface area contributed by atoms with E-state index in [0.29, 0.717) is 10.8 Å². The van der Waals surface area contributed by atoms with E-state index in [4.69, 9.17) is 16.9 Å². The van der Waals surface area contributed by atoms with Crippen molar-refractivity contribution in [2.24, 2.45) is 11.8 Å². The lowest BCUT2D eigenvalue weighted by Crippen LogP contribution is -2.33. The van der Waals surface area contributed by atoms with Gasteiger partial charge in [-0.3, -0.25) is 4.79 Å². The first kappa shape index (κ1) is 19.7. The standard InChI is InChI=1S/C23H21ClN6O/c24-20-5-16-12-28-22(29-23(31)19-8-18(19)17-10-26-13-27-11-17)7-15(16)6-21(20)30-3-1-14(9-25)2-4-30/h5-7,10-14,18-19H,1-4,8H2,(H,28,29,31)/t18-,19+/m1/s1. The molecule has 0 unspecified atom stereocenters. The quantitative estimate of drug-likeness (QED) is 0.665. The van der Waals surface area contributed by atoms with Crippen LogP contribution in [0.4, 0.5) is 11.5 Å². The summed E-state index contributed by atoms with van der Waals surface area (Å²) in [6.07, 6.45) is 9.25. The minimum Gasteiger partial charge on any atom is -0.370 e. The minimum absolute atomic E-state index is 0.0338. The van der Waals surface area contributed by atoms with Gasteiger partial charge in [-0.05, 0) is 54.3 Å². The molecule has 2 fully saturated rings. The molecule has 2 atom stereocenters. The molecule has 0 bridgehead atoms. The molecular formula is C23H21ClN6O. The number of carbonyl (C=O) groups is 1. The molecule has 0 radical (unpaired) electrons. The normalized spacial score (nSPS) is 21.0. The van der Waals surface area contributed by atoms with E-state index in [-0.39, 0.29) is 23.7 Å². The third kappa shape index (κ3) is 4.04. The third-order valence-corrected chi connectivity index (χ3v) is 6.50. The number of amides is 1. The molecule has 156 valence electrons. The fourth-order valence-corrected chi connectivity index (χ4v) is 4.58. The molecule has 1 N–H and O–H groups in total. The Labute approximate surface area is 185 Å². The lowest BCUT2D eigenvalue weighted by molar-refractivity contribution is -0.117. The van der Waals surface area contributed by atoms with E-state index < -0.39 is 0 Å². The van der Waals surface area contributed by atoms with Crippen LogP contribution in [0.2, 0.25) is 5.02 Å². The van der Waals surface area contributed by atoms with E-state index in [1.165, 1.54) is 6.33 Å². The number of piperidine rings is 1. The summed E-state index contributed by atoms with van der Waals surface area (Å²) < 4.78 is 0. The lowest BCUT2D eigenvalue weighted by atomic mass is 9.98. The first-order valence-corrected chi connectivity index (χ1v) is 10.8. The molecule has 1 amide bonds. The molecule has 1 aliphatic heterocycles. The summed E-state index contributed by atoms with van der Waals surface area (Å²) in [5, 5.41) is 14.6. The van der Waals surface area contributed by atoms with Gasteiger partial charge in [0.15, 0.2) is 0 Å². The molecule has 1 saturated carbocycles. The van der Waals surface area contributed by atoms with E-state index in [0.717, 1.165) is 54.4 Å². The average molecular weight is 433 g/mol. The van der Waals surface area contributed by atoms with Crippen LogP contribution in [0.3, 0.4) is 0 Å². The summed E-state index contributed by atoms with van der Waals surface area (Å²) >= 11 is 6.54. The van der Waals surface area contributed by atoms with Gasteiger partial charge in [-0.15, -0.1) is 0 Å². The maximum absolute atomic E-state index is 12.7. The number of nitrogens with one attached hydrogen (secondary N) is 1. The Morgan fingerprint density at radius 1 is 1.13 bits per heavy atom. The van der Waals surface area contributed by atoms with Crippen molar-refractivity contribution >= 4 is 39.8 Å². The van der Waals surface area contributed by atoms with Gasteiger partial charge in [0.25, 0.3) is 0 Å². The molecule has 0 spiro atoms. The fraction of sp³-hybridized carbons (Fsp3) is 0.348. The molecule has 1 aromatic carbocycles. The van der Waals surface area contributed by atoms with Crippen molar-refractivity contribution in [2.75, 3.05) is 23.3 Å². The van der Waals surface area contributed by atoms with E-state index in [2.05, 4.69) is 31.2 Å². The van der Waals surface area contributed by atoms with Crippen LogP contribution in [-0.2, 0) is 4.79 Å². The highest BCUT2D eigenvalue weighted by Gasteiger charge is 2.44. The molecule has 31 heavy (non-hydrogen) atoms. The van der Waals surface area contributed by atoms with Crippen molar-refractivity contribution in [3.05, 3.63) is 53.7 Å². The van der Waals surface area contributed by atoms with Crippen molar-refractivity contribution in [3.8, 4) is 6.07 Å². The number of hydrogen-bond acceptors (Lipinski definition) is 6. The summed E-state index contributed by atoms with van der Waals surface area (Å²) in [5.41, 5.74) is 1.95. The summed E-state index contributed by atoms with van der Waals surface area (Å²) in [7, 11) is 0. The smallest absolute Gasteiger partial charge is 0.229 e. The molecular weight excluding hydrogens is 412 g/mol. The van der Waals surface area contributed by atoms with Crippen LogP contribution in [0, 0.1) is 23.2 Å². The van der Waals surface area contributed by atoms with Gasteiger partial charge in [-0.2, -0.15) is 5.26 Å². The first-order chi connectivity index (χ1) is 15.1. The predicted molar refractivity (Wildman–Crippen MR) is 119 cm³/mol. The van der Waals surface area contributed by atoms with Gasteiger partial charge >= 0.3 is 0 Å². The van der Waals surface area contributed by atoms with Crippen LogP contribution in [0.1, 0.15) is 30.7 Å². The van der Waals surface area contributed by atoms with Gasteiger partial charge in [0.05, 0.1) is 16.8 Å². The van der Waals surface area contributed by atoms with Crippen LogP contribution >= 0.6 is 11.6 Å². The highest BCUT2D eigenvalue weighted by molar-refractivity contribution is 6.34. The lowest BCUT2D eigenvalue weighted by Gasteiger charge is -2.32. The van der Waals surface area contributed by atoms with Gasteiger partial charge in [-0.25, -0.2) is 15.0 Å². The van der Waals surface area contributed by atoms with Crippen LogP contribution in [-0.4, -0.2) is 33.9 Å². The highest BCUT2D eigenvalue weighted by Crippen LogP contribution is 2.47. The number of nitrogens with zero attached hydrogens (tertiary/aromatic N) is 5. The number of nitriles is 1. The van der Waals surface area contributed by atoms with E-state index in [1.807, 2.05) is 18.2 Å². The highest BCUT2D eigenvalue weighted by atomic mass is 35.5. The van der Waals surface area contributed by atoms with Crippen molar-refractivity contribution in [1.82, 2.24) is 15.0 Å². The number of benzene rings is 1. The molecule has 2 aromatic heterocycles. The maximum Gasteiger partial charge on any atom is 0.229 e. The zero-order valence-electron chi connectivity index (χ0n) is 16.8. The second-order valence-electron chi connectivity index (χ2n) is 8.22. The number of pyridine rings is 1. The molecule has 3 aromatic rings. The van der Waals surface area contributed by atoms with Crippen molar-refractivity contribution in [2.45, 2.75) is 25.2 Å². The largest absolute Gasteiger partial charge is 0.370 e. The van der Waals surface area contributed by atoms with Crippen molar-refractivity contribution < 1.29 is 4.79 Å². The Bertz CT molecular complexity index is 1170. The van der Waals surface area contributed by atoms with Crippen LogP contribution in [0.15, 0.2) is 43.1 Å². The SMILES string of the molecule is N#CC1CCN(c2cc3cc(NC(=O)[C@H]4C[C@@H]4c4cncnc4)ncc3cc2Cl)CC1. The van der Waals surface area contributed by atoms with Gasteiger partial charge in [-0.1, -0.05) is 11.6 Å². The van der Waals surface area contributed by atoms with E-state index in [9.17, 15) is 4.79 Å². The number of rotatable bonds is 4. The Kier molecular flexibility index (Phi) is 5.16. The summed E-state index contributed by atoms with van der Waals surface area (Å²) in [5.74, 6) is 0.710. The minimum atomic E-state index is -0.0781. The maximum atomic E-state index is 12.7. The second kappa shape index (κ2) is 8.12. The van der Waals surface area contributed by atoms with Crippen LogP contribution < -0.4 is 10.2 Å². The molecule has 1 aliphatic carbocycles. The summed E-state index contributed by atoms with van der Waals surface area (Å²) in [6, 6.07) is 8.20. The average Bonchev–Trinajstić information content (AvgIpc) is 3.61. The number of aromatic nitrogens is 3. The Balaban J connectivity index is 1.32. The van der Waals surface area contributed by atoms with Crippen molar-refractivity contribution in [1.29, 1.82) is 5.26 Å². The number of hydrogen-bond donors (Lipinski definition) is 1. The summed E-state index contributed by atoms with van der Waals surface area (Å²) in [4.78, 5) is 27.4. The topological polar surface area (TPSA) is 94.8 Å². The number of fused-ring (bicyclic) bond motifs is 1. The molecule has 5 rings (SSSR count). The zero-order chi connectivity index (χ0) is 21.4. The fourth-order valence-electron chi connectivity index (χ4n) is 4.29. The Morgan fingerprint density at radius 2 is 1.90 bits per heavy atom. The third-order valence-electron chi connectivity index (χ3n) is 6.19. The number of anilines is 2. The predicted octanol–water partition coefficient (Wildman–Crippen LogP) is 4.16. The Hall–Kier alpha value is -3.24. The van der Waals surface area contributed by atoms with Gasteiger partial charge in [0, 0.05) is 48.9 Å².